The molecule has 1 saturated carbocycles. The largest absolute Gasteiger partial charge is 0.462 e. The van der Waals surface area contributed by atoms with E-state index in [1.54, 1.807) is 0 Å². The summed E-state index contributed by atoms with van der Waals surface area (Å²) in [5, 5.41) is 0. The maximum Gasteiger partial charge on any atom is 0.185 e. The van der Waals surface area contributed by atoms with Gasteiger partial charge in [0.05, 0.1) is 0 Å². The molecule has 0 amide bonds. The Morgan fingerprint density at radius 3 is 1.65 bits per heavy atom. The third-order valence-corrected chi connectivity index (χ3v) is 3.40. The highest BCUT2D eigenvalue weighted by Crippen LogP contribution is 2.30. The number of Topliss-reactive ketones (excluding diaryl/α,β-unsaturated/α-hetero) is 1. The highest BCUT2D eigenvalue weighted by molar-refractivity contribution is 6.15. The molecule has 102 valence electrons. The first-order valence-corrected chi connectivity index (χ1v) is 6.70. The molecule has 2 heterocycles. The summed E-state index contributed by atoms with van der Waals surface area (Å²) in [5.74, 6) is 3.27. The van der Waals surface area contributed by atoms with E-state index in [0.717, 1.165) is 47.0 Å². The first-order chi connectivity index (χ1) is 9.61. The van der Waals surface area contributed by atoms with Crippen molar-refractivity contribution in [1.82, 2.24) is 0 Å². The van der Waals surface area contributed by atoms with Crippen molar-refractivity contribution in [2.75, 3.05) is 0 Å². The number of carbonyl (C=O) groups excluding carboxylic acids is 1. The predicted octanol–water partition coefficient (Wildman–Crippen LogP) is 4.32. The second kappa shape index (κ2) is 5.00. The lowest BCUT2D eigenvalue weighted by molar-refractivity contribution is -0.111. The second-order valence-electron chi connectivity index (χ2n) is 5.07. The summed E-state index contributed by atoms with van der Waals surface area (Å²) in [6.07, 6.45) is 5.18. The van der Waals surface area contributed by atoms with Crippen molar-refractivity contribution in [3.8, 4) is 0 Å². The van der Waals surface area contributed by atoms with E-state index < -0.39 is 0 Å². The molecule has 1 fully saturated rings. The van der Waals surface area contributed by atoms with Crippen molar-refractivity contribution < 1.29 is 13.6 Å². The molecule has 0 aromatic carbocycles. The molecule has 3 nitrogen and oxygen atoms in total. The molecule has 2 aromatic rings. The van der Waals surface area contributed by atoms with E-state index in [0.29, 0.717) is 0 Å². The molecule has 0 aliphatic heterocycles. The van der Waals surface area contributed by atoms with Crippen LogP contribution in [0.3, 0.4) is 0 Å². The van der Waals surface area contributed by atoms with Gasteiger partial charge in [-0.2, -0.15) is 0 Å². The molecule has 20 heavy (non-hydrogen) atoms. The lowest BCUT2D eigenvalue weighted by Gasteiger charge is -1.94. The number of furan rings is 2. The summed E-state index contributed by atoms with van der Waals surface area (Å²) >= 11 is 0. The van der Waals surface area contributed by atoms with Gasteiger partial charge in [0.25, 0.3) is 0 Å². The third-order valence-electron chi connectivity index (χ3n) is 3.40. The Morgan fingerprint density at radius 2 is 1.30 bits per heavy atom. The van der Waals surface area contributed by atoms with Crippen LogP contribution in [0.25, 0.3) is 12.2 Å². The van der Waals surface area contributed by atoms with Crippen LogP contribution in [0.5, 0.6) is 0 Å². The summed E-state index contributed by atoms with van der Waals surface area (Å²) < 4.78 is 11.0. The van der Waals surface area contributed by atoms with Crippen LogP contribution in [0.2, 0.25) is 0 Å². The smallest absolute Gasteiger partial charge is 0.185 e. The Morgan fingerprint density at radius 1 is 0.850 bits per heavy atom. The highest BCUT2D eigenvalue weighted by Gasteiger charge is 2.23. The van der Waals surface area contributed by atoms with Crippen molar-refractivity contribution in [3.05, 3.63) is 58.5 Å². The second-order valence-corrected chi connectivity index (χ2v) is 5.07. The van der Waals surface area contributed by atoms with Crippen molar-refractivity contribution in [2.24, 2.45) is 0 Å². The fourth-order valence-corrected chi connectivity index (χ4v) is 2.38. The van der Waals surface area contributed by atoms with E-state index in [1.807, 2.05) is 50.3 Å². The van der Waals surface area contributed by atoms with Crippen LogP contribution in [-0.4, -0.2) is 5.78 Å². The van der Waals surface area contributed by atoms with Gasteiger partial charge in [-0.1, -0.05) is 0 Å². The van der Waals surface area contributed by atoms with Crippen LogP contribution < -0.4 is 0 Å². The Bertz CT molecular complexity index is 650. The number of carbonyl (C=O) groups is 1. The Kier molecular flexibility index (Phi) is 3.18. The van der Waals surface area contributed by atoms with Crippen LogP contribution in [-0.2, 0) is 4.79 Å². The normalized spacial score (nSPS) is 19.4. The Balaban J connectivity index is 1.84. The molecule has 0 atom stereocenters. The van der Waals surface area contributed by atoms with Crippen LogP contribution in [0, 0.1) is 13.8 Å². The Labute approximate surface area is 117 Å². The minimum Gasteiger partial charge on any atom is -0.462 e. The van der Waals surface area contributed by atoms with Crippen molar-refractivity contribution in [3.63, 3.8) is 0 Å². The number of allylic oxidation sites excluding steroid dienone is 2. The van der Waals surface area contributed by atoms with Crippen molar-refractivity contribution >= 4 is 17.9 Å². The minimum atomic E-state index is 0.0908. The average Bonchev–Trinajstić information content (AvgIpc) is 3.08. The molecule has 3 heteroatoms. The summed E-state index contributed by atoms with van der Waals surface area (Å²) in [5.41, 5.74) is 1.60. The zero-order valence-electron chi connectivity index (χ0n) is 11.6. The molecule has 0 unspecified atom stereocenters. The van der Waals surface area contributed by atoms with E-state index in [4.69, 9.17) is 8.83 Å². The molecular formula is C17H16O3. The average molecular weight is 268 g/mol. The van der Waals surface area contributed by atoms with E-state index >= 15 is 0 Å². The lowest BCUT2D eigenvalue weighted by Crippen LogP contribution is -1.95. The molecule has 0 bridgehead atoms. The number of hydrogen-bond donors (Lipinski definition) is 0. The SMILES string of the molecule is Cc1ccc(/C=C2\CC/C(=C\c3ccc(C)o3)C2=O)o1. The first kappa shape index (κ1) is 12.7. The molecule has 2 aromatic heterocycles. The number of hydrogen-bond acceptors (Lipinski definition) is 3. The van der Waals surface area contributed by atoms with Crippen molar-refractivity contribution in [2.45, 2.75) is 26.7 Å². The van der Waals surface area contributed by atoms with Crippen LogP contribution in [0.15, 0.2) is 44.2 Å². The third kappa shape index (κ3) is 2.52. The van der Waals surface area contributed by atoms with Gasteiger partial charge in [0.2, 0.25) is 0 Å². The fourth-order valence-electron chi connectivity index (χ4n) is 2.38. The molecule has 0 spiro atoms. The van der Waals surface area contributed by atoms with Gasteiger partial charge in [-0.25, -0.2) is 0 Å². The zero-order valence-corrected chi connectivity index (χ0v) is 11.6. The van der Waals surface area contributed by atoms with Crippen LogP contribution in [0.4, 0.5) is 0 Å². The van der Waals surface area contributed by atoms with Gasteiger partial charge in [-0.3, -0.25) is 4.79 Å². The Hall–Kier alpha value is -2.29. The van der Waals surface area contributed by atoms with Gasteiger partial charge >= 0.3 is 0 Å². The quantitative estimate of drug-likeness (QED) is 0.762. The van der Waals surface area contributed by atoms with Crippen LogP contribution in [0.1, 0.15) is 35.9 Å². The minimum absolute atomic E-state index is 0.0908. The van der Waals surface area contributed by atoms with Gasteiger partial charge < -0.3 is 8.83 Å². The van der Waals surface area contributed by atoms with E-state index in [9.17, 15) is 4.79 Å². The van der Waals surface area contributed by atoms with Gasteiger partial charge in [-0.05, 0) is 63.1 Å². The first-order valence-electron chi connectivity index (χ1n) is 6.70. The van der Waals surface area contributed by atoms with Gasteiger partial charge in [0.1, 0.15) is 23.0 Å². The van der Waals surface area contributed by atoms with Crippen molar-refractivity contribution in [1.29, 1.82) is 0 Å². The highest BCUT2D eigenvalue weighted by atomic mass is 16.3. The van der Waals surface area contributed by atoms with Gasteiger partial charge in [-0.15, -0.1) is 0 Å². The maximum absolute atomic E-state index is 12.3. The molecule has 0 radical (unpaired) electrons. The molecule has 1 aliphatic rings. The number of rotatable bonds is 2. The maximum atomic E-state index is 12.3. The van der Waals surface area contributed by atoms with E-state index in [2.05, 4.69) is 0 Å². The molecular weight excluding hydrogens is 252 g/mol. The van der Waals surface area contributed by atoms with E-state index in [-0.39, 0.29) is 5.78 Å². The molecule has 1 aliphatic carbocycles. The fraction of sp³-hybridized carbons (Fsp3) is 0.235. The standard InChI is InChI=1S/C17H16O3/c1-11-3-7-15(19-11)9-13-5-6-14(17(13)18)10-16-8-4-12(2)20-16/h3-4,7-10H,5-6H2,1-2H3/b13-9+,14-10+. The summed E-state index contributed by atoms with van der Waals surface area (Å²) in [6.45, 7) is 3.78. The van der Waals surface area contributed by atoms with Gasteiger partial charge in [0, 0.05) is 11.1 Å². The number of aryl methyl sites for hydroxylation is 2. The predicted molar refractivity (Wildman–Crippen MR) is 77.1 cm³/mol. The molecule has 0 N–H and O–H groups in total. The topological polar surface area (TPSA) is 43.4 Å². The summed E-state index contributed by atoms with van der Waals surface area (Å²) in [7, 11) is 0. The monoisotopic (exact) mass is 268 g/mol. The number of ketones is 1. The van der Waals surface area contributed by atoms with E-state index in [1.165, 1.54) is 0 Å². The molecule has 3 rings (SSSR count). The summed E-state index contributed by atoms with van der Waals surface area (Å²) in [6, 6.07) is 7.56. The molecule has 0 saturated heterocycles. The zero-order chi connectivity index (χ0) is 14.1. The lowest BCUT2D eigenvalue weighted by atomic mass is 10.1. The van der Waals surface area contributed by atoms with Crippen LogP contribution >= 0.6 is 0 Å². The summed E-state index contributed by atoms with van der Waals surface area (Å²) in [4.78, 5) is 12.3. The van der Waals surface area contributed by atoms with Gasteiger partial charge in [0.15, 0.2) is 5.78 Å².